The second-order valence-electron chi connectivity index (χ2n) is 5.17. The van der Waals surface area contributed by atoms with Gasteiger partial charge in [-0.2, -0.15) is 0 Å². The third-order valence-electron chi connectivity index (χ3n) is 3.25. The lowest BCUT2D eigenvalue weighted by molar-refractivity contribution is 0.343. The number of hydrogen-bond acceptors (Lipinski definition) is 1. The molecule has 1 rings (SSSR count). The highest BCUT2D eigenvalue weighted by atomic mass is 16.2. The molecule has 0 aromatic heterocycles. The third kappa shape index (κ3) is 5.89. The molecule has 1 aromatic carbocycles. The van der Waals surface area contributed by atoms with Gasteiger partial charge in [0.1, 0.15) is 0 Å². The maximum absolute atomic E-state index is 9.06. The molecular formula is C18H26O. The molecule has 0 aliphatic carbocycles. The summed E-state index contributed by atoms with van der Waals surface area (Å²) in [5.41, 5.74) is 5.12. The summed E-state index contributed by atoms with van der Waals surface area (Å²) in [6.07, 6.45) is 7.43. The van der Waals surface area contributed by atoms with Crippen LogP contribution in [-0.2, 0) is 6.42 Å². The molecule has 0 aliphatic rings. The SMILES string of the molecule is C=C(C)CCCc1ccc(/C(=C/CO)CCC)cc1. The standard InChI is InChI=1S/C18H26O/c1-4-6-17(13-14-19)18-11-9-16(10-12-18)8-5-7-15(2)3/h9-13,19H,2,4-8,14H2,1,3H3/b17-13+. The Morgan fingerprint density at radius 1 is 1.21 bits per heavy atom. The molecule has 0 atom stereocenters. The summed E-state index contributed by atoms with van der Waals surface area (Å²) in [7, 11) is 0. The molecule has 0 fully saturated rings. The van der Waals surface area contributed by atoms with E-state index in [2.05, 4.69) is 44.7 Å². The maximum atomic E-state index is 9.06. The Kier molecular flexibility index (Phi) is 7.20. The van der Waals surface area contributed by atoms with Gasteiger partial charge in [0.2, 0.25) is 0 Å². The van der Waals surface area contributed by atoms with Gasteiger partial charge in [0.15, 0.2) is 0 Å². The van der Waals surface area contributed by atoms with Gasteiger partial charge in [-0.3, -0.25) is 0 Å². The number of allylic oxidation sites excluding steroid dienone is 2. The minimum atomic E-state index is 0.121. The highest BCUT2D eigenvalue weighted by Crippen LogP contribution is 2.21. The number of benzene rings is 1. The second-order valence-corrected chi connectivity index (χ2v) is 5.17. The van der Waals surface area contributed by atoms with E-state index in [9.17, 15) is 0 Å². The van der Waals surface area contributed by atoms with Crippen LogP contribution in [0.1, 0.15) is 50.7 Å². The second kappa shape index (κ2) is 8.71. The summed E-state index contributed by atoms with van der Waals surface area (Å²) in [4.78, 5) is 0. The van der Waals surface area contributed by atoms with Crippen LogP contribution in [-0.4, -0.2) is 11.7 Å². The molecule has 0 saturated heterocycles. The van der Waals surface area contributed by atoms with Crippen LogP contribution < -0.4 is 0 Å². The molecule has 0 amide bonds. The van der Waals surface area contributed by atoms with Crippen LogP contribution in [0.2, 0.25) is 0 Å². The zero-order chi connectivity index (χ0) is 14.1. The first kappa shape index (κ1) is 15.7. The molecule has 104 valence electrons. The first-order valence-electron chi connectivity index (χ1n) is 7.21. The van der Waals surface area contributed by atoms with E-state index >= 15 is 0 Å². The highest BCUT2D eigenvalue weighted by Gasteiger charge is 2.01. The Hall–Kier alpha value is -1.34. The van der Waals surface area contributed by atoms with Crippen LogP contribution in [0.25, 0.3) is 5.57 Å². The first-order chi connectivity index (χ1) is 9.17. The normalized spacial score (nSPS) is 11.6. The lowest BCUT2D eigenvalue weighted by atomic mass is 9.98. The molecule has 1 aromatic rings. The van der Waals surface area contributed by atoms with Crippen LogP contribution in [0, 0.1) is 0 Å². The zero-order valence-electron chi connectivity index (χ0n) is 12.3. The van der Waals surface area contributed by atoms with E-state index in [1.165, 1.54) is 28.7 Å². The molecule has 0 saturated carbocycles. The number of hydrogen-bond donors (Lipinski definition) is 1. The van der Waals surface area contributed by atoms with E-state index in [1.54, 1.807) is 0 Å². The highest BCUT2D eigenvalue weighted by molar-refractivity contribution is 5.65. The summed E-state index contributed by atoms with van der Waals surface area (Å²) >= 11 is 0. The van der Waals surface area contributed by atoms with E-state index in [1.807, 2.05) is 6.08 Å². The lowest BCUT2D eigenvalue weighted by Crippen LogP contribution is -1.90. The van der Waals surface area contributed by atoms with Gasteiger partial charge in [-0.1, -0.05) is 49.3 Å². The van der Waals surface area contributed by atoms with Crippen LogP contribution in [0.15, 0.2) is 42.5 Å². The third-order valence-corrected chi connectivity index (χ3v) is 3.25. The quantitative estimate of drug-likeness (QED) is 0.666. The van der Waals surface area contributed by atoms with Crippen molar-refractivity contribution < 1.29 is 5.11 Å². The Morgan fingerprint density at radius 2 is 1.89 bits per heavy atom. The zero-order valence-corrected chi connectivity index (χ0v) is 12.3. The number of rotatable bonds is 8. The summed E-state index contributed by atoms with van der Waals surface area (Å²) < 4.78 is 0. The molecule has 0 spiro atoms. The molecular weight excluding hydrogens is 232 g/mol. The minimum Gasteiger partial charge on any atom is -0.392 e. The fourth-order valence-electron chi connectivity index (χ4n) is 2.22. The van der Waals surface area contributed by atoms with Crippen LogP contribution in [0.5, 0.6) is 0 Å². The van der Waals surface area contributed by atoms with E-state index < -0.39 is 0 Å². The van der Waals surface area contributed by atoms with Gasteiger partial charge < -0.3 is 5.11 Å². The van der Waals surface area contributed by atoms with Gasteiger partial charge in [0.05, 0.1) is 6.61 Å². The lowest BCUT2D eigenvalue weighted by Gasteiger charge is -2.08. The van der Waals surface area contributed by atoms with Gasteiger partial charge in [-0.05, 0) is 49.3 Å². The van der Waals surface area contributed by atoms with E-state index in [0.717, 1.165) is 25.7 Å². The summed E-state index contributed by atoms with van der Waals surface area (Å²) in [5, 5.41) is 9.06. The van der Waals surface area contributed by atoms with Gasteiger partial charge in [0, 0.05) is 0 Å². The van der Waals surface area contributed by atoms with Crippen molar-refractivity contribution >= 4 is 5.57 Å². The predicted octanol–water partition coefficient (Wildman–Crippen LogP) is 4.76. The van der Waals surface area contributed by atoms with Crippen molar-refractivity contribution in [2.75, 3.05) is 6.61 Å². The van der Waals surface area contributed by atoms with E-state index in [4.69, 9.17) is 5.11 Å². The average molecular weight is 258 g/mol. The van der Waals surface area contributed by atoms with Crippen molar-refractivity contribution in [3.63, 3.8) is 0 Å². The van der Waals surface area contributed by atoms with Crippen molar-refractivity contribution in [3.05, 3.63) is 53.6 Å². The smallest absolute Gasteiger partial charge is 0.0618 e. The molecule has 19 heavy (non-hydrogen) atoms. The van der Waals surface area contributed by atoms with Crippen LogP contribution in [0.3, 0.4) is 0 Å². The molecule has 1 heteroatoms. The monoisotopic (exact) mass is 258 g/mol. The molecule has 0 bridgehead atoms. The van der Waals surface area contributed by atoms with Crippen molar-refractivity contribution in [2.45, 2.75) is 46.0 Å². The van der Waals surface area contributed by atoms with Gasteiger partial charge in [-0.25, -0.2) is 0 Å². The summed E-state index contributed by atoms with van der Waals surface area (Å²) in [6.45, 7) is 8.30. The van der Waals surface area contributed by atoms with Crippen molar-refractivity contribution in [3.8, 4) is 0 Å². The fourth-order valence-corrected chi connectivity index (χ4v) is 2.22. The van der Waals surface area contributed by atoms with E-state index in [0.29, 0.717) is 0 Å². The Bertz CT molecular complexity index is 412. The molecule has 0 radical (unpaired) electrons. The van der Waals surface area contributed by atoms with Gasteiger partial charge in [-0.15, -0.1) is 6.58 Å². The average Bonchev–Trinajstić information content (AvgIpc) is 2.39. The van der Waals surface area contributed by atoms with Gasteiger partial charge >= 0.3 is 0 Å². The predicted molar refractivity (Wildman–Crippen MR) is 84.2 cm³/mol. The Morgan fingerprint density at radius 3 is 2.42 bits per heavy atom. The van der Waals surface area contributed by atoms with Crippen LogP contribution >= 0.6 is 0 Å². The Labute approximate surface area is 117 Å². The minimum absolute atomic E-state index is 0.121. The van der Waals surface area contributed by atoms with Crippen LogP contribution in [0.4, 0.5) is 0 Å². The summed E-state index contributed by atoms with van der Waals surface area (Å²) in [6, 6.07) is 8.75. The van der Waals surface area contributed by atoms with E-state index in [-0.39, 0.29) is 6.61 Å². The number of aliphatic hydroxyl groups is 1. The van der Waals surface area contributed by atoms with Gasteiger partial charge in [0.25, 0.3) is 0 Å². The first-order valence-corrected chi connectivity index (χ1v) is 7.21. The Balaban J connectivity index is 2.64. The molecule has 0 heterocycles. The van der Waals surface area contributed by atoms with Crippen molar-refractivity contribution in [1.82, 2.24) is 0 Å². The summed E-state index contributed by atoms with van der Waals surface area (Å²) in [5.74, 6) is 0. The largest absolute Gasteiger partial charge is 0.392 e. The number of aliphatic hydroxyl groups excluding tert-OH is 1. The molecule has 0 aliphatic heterocycles. The molecule has 0 unspecified atom stereocenters. The molecule has 1 N–H and O–H groups in total. The molecule has 1 nitrogen and oxygen atoms in total. The van der Waals surface area contributed by atoms with Crippen molar-refractivity contribution in [2.24, 2.45) is 0 Å². The number of aryl methyl sites for hydroxylation is 1. The fraction of sp³-hybridized carbons (Fsp3) is 0.444. The topological polar surface area (TPSA) is 20.2 Å². The van der Waals surface area contributed by atoms with Crippen molar-refractivity contribution in [1.29, 1.82) is 0 Å². The maximum Gasteiger partial charge on any atom is 0.0618 e.